The summed E-state index contributed by atoms with van der Waals surface area (Å²) in [6.07, 6.45) is 4.67. The summed E-state index contributed by atoms with van der Waals surface area (Å²) in [5.74, 6) is 0. The summed E-state index contributed by atoms with van der Waals surface area (Å²) in [5.41, 5.74) is 1.38. The summed E-state index contributed by atoms with van der Waals surface area (Å²) in [6, 6.07) is 11.6. The number of benzene rings is 1. The molecule has 3 heteroatoms. The fourth-order valence-corrected chi connectivity index (χ4v) is 3.15. The molecule has 1 aliphatic rings. The van der Waals surface area contributed by atoms with Crippen molar-refractivity contribution in [3.05, 3.63) is 35.9 Å². The van der Waals surface area contributed by atoms with Crippen LogP contribution < -0.4 is 5.32 Å². The minimum absolute atomic E-state index is 0.265. The summed E-state index contributed by atoms with van der Waals surface area (Å²) < 4.78 is 0. The van der Waals surface area contributed by atoms with Gasteiger partial charge in [0, 0.05) is 25.2 Å². The molecule has 0 aliphatic carbocycles. The van der Waals surface area contributed by atoms with Crippen molar-refractivity contribution in [3.8, 4) is 0 Å². The lowest BCUT2D eigenvalue weighted by Crippen LogP contribution is -2.51. The highest BCUT2D eigenvalue weighted by atomic mass is 16.3. The molecule has 0 aromatic heterocycles. The molecule has 2 N–H and O–H groups in total. The van der Waals surface area contributed by atoms with Gasteiger partial charge in [-0.15, -0.1) is 0 Å². The van der Waals surface area contributed by atoms with E-state index >= 15 is 0 Å². The summed E-state index contributed by atoms with van der Waals surface area (Å²) in [4.78, 5) is 2.58. The summed E-state index contributed by atoms with van der Waals surface area (Å²) >= 11 is 0. The lowest BCUT2D eigenvalue weighted by atomic mass is 9.93. The van der Waals surface area contributed by atoms with Gasteiger partial charge in [-0.1, -0.05) is 36.8 Å². The molecule has 3 nitrogen and oxygen atoms in total. The quantitative estimate of drug-likeness (QED) is 0.823. The van der Waals surface area contributed by atoms with Gasteiger partial charge in [0.25, 0.3) is 0 Å². The number of likely N-dealkylation sites (N-methyl/N-ethyl adjacent to an activating group) is 1. The van der Waals surface area contributed by atoms with Gasteiger partial charge in [0.15, 0.2) is 0 Å². The third kappa shape index (κ3) is 4.03. The van der Waals surface area contributed by atoms with Crippen LogP contribution in [0.4, 0.5) is 0 Å². The van der Waals surface area contributed by atoms with E-state index in [2.05, 4.69) is 40.5 Å². The Morgan fingerprint density at radius 3 is 2.79 bits per heavy atom. The van der Waals surface area contributed by atoms with Crippen molar-refractivity contribution in [2.24, 2.45) is 0 Å². The van der Waals surface area contributed by atoms with Crippen LogP contribution in [0.5, 0.6) is 0 Å². The average Bonchev–Trinajstić information content (AvgIpc) is 2.47. The van der Waals surface area contributed by atoms with E-state index in [0.717, 1.165) is 13.0 Å². The predicted octanol–water partition coefficient (Wildman–Crippen LogP) is 2.01. The molecule has 1 aromatic carbocycles. The van der Waals surface area contributed by atoms with Crippen LogP contribution in [0.15, 0.2) is 30.3 Å². The standard InChI is InChI=1S/C16H26N2O/c1-17-15(10-12-19)16-9-5-6-11-18(16)13-14-7-3-2-4-8-14/h2-4,7-8,15-17,19H,5-6,9-13H2,1H3/t15-,16+/m1/s1. The highest BCUT2D eigenvalue weighted by Crippen LogP contribution is 2.23. The molecule has 0 radical (unpaired) electrons. The normalized spacial score (nSPS) is 22.3. The average molecular weight is 262 g/mol. The Bertz CT molecular complexity index is 355. The second-order valence-electron chi connectivity index (χ2n) is 5.43. The maximum absolute atomic E-state index is 9.22. The summed E-state index contributed by atoms with van der Waals surface area (Å²) in [6.45, 7) is 2.46. The molecule has 1 fully saturated rings. The van der Waals surface area contributed by atoms with Gasteiger partial charge in [-0.25, -0.2) is 0 Å². The molecule has 0 bridgehead atoms. The van der Waals surface area contributed by atoms with Crippen molar-refractivity contribution in [2.45, 2.75) is 44.3 Å². The number of rotatable bonds is 6. The van der Waals surface area contributed by atoms with E-state index in [1.165, 1.54) is 31.4 Å². The van der Waals surface area contributed by atoms with E-state index in [0.29, 0.717) is 12.1 Å². The number of hydrogen-bond donors (Lipinski definition) is 2. The highest BCUT2D eigenvalue weighted by molar-refractivity contribution is 5.14. The smallest absolute Gasteiger partial charge is 0.0446 e. The van der Waals surface area contributed by atoms with Crippen LogP contribution in [0.1, 0.15) is 31.2 Å². The molecule has 1 saturated heterocycles. The fourth-order valence-electron chi connectivity index (χ4n) is 3.15. The molecule has 19 heavy (non-hydrogen) atoms. The van der Waals surface area contributed by atoms with Crippen molar-refractivity contribution in [1.29, 1.82) is 0 Å². The van der Waals surface area contributed by atoms with E-state index in [9.17, 15) is 5.11 Å². The van der Waals surface area contributed by atoms with Gasteiger partial charge in [-0.3, -0.25) is 4.90 Å². The second-order valence-corrected chi connectivity index (χ2v) is 5.43. The number of likely N-dealkylation sites (tertiary alicyclic amines) is 1. The largest absolute Gasteiger partial charge is 0.396 e. The van der Waals surface area contributed by atoms with Crippen molar-refractivity contribution < 1.29 is 5.11 Å². The minimum Gasteiger partial charge on any atom is -0.396 e. The van der Waals surface area contributed by atoms with Gasteiger partial charge in [-0.05, 0) is 38.4 Å². The zero-order chi connectivity index (χ0) is 13.5. The molecular formula is C16H26N2O. The van der Waals surface area contributed by atoms with Gasteiger partial charge in [-0.2, -0.15) is 0 Å². The van der Waals surface area contributed by atoms with Gasteiger partial charge >= 0.3 is 0 Å². The summed E-state index contributed by atoms with van der Waals surface area (Å²) in [5, 5.41) is 12.6. The fraction of sp³-hybridized carbons (Fsp3) is 0.625. The van der Waals surface area contributed by atoms with Crippen LogP contribution in [0, 0.1) is 0 Å². The SMILES string of the molecule is CN[C@H](CCO)[C@@H]1CCCCN1Cc1ccccc1. The Labute approximate surface area is 116 Å². The molecule has 1 aromatic rings. The minimum atomic E-state index is 0.265. The first kappa shape index (κ1) is 14.5. The van der Waals surface area contributed by atoms with Gasteiger partial charge in [0.2, 0.25) is 0 Å². The highest BCUT2D eigenvalue weighted by Gasteiger charge is 2.28. The number of aliphatic hydroxyl groups excluding tert-OH is 1. The first-order valence-corrected chi connectivity index (χ1v) is 7.41. The van der Waals surface area contributed by atoms with Crippen LogP contribution in [0.3, 0.4) is 0 Å². The maximum atomic E-state index is 9.22. The van der Waals surface area contributed by atoms with Gasteiger partial charge in [0.05, 0.1) is 0 Å². The molecule has 0 unspecified atom stereocenters. The Kier molecular flexibility index (Phi) is 5.83. The van der Waals surface area contributed by atoms with E-state index < -0.39 is 0 Å². The molecule has 0 saturated carbocycles. The van der Waals surface area contributed by atoms with Crippen molar-refractivity contribution in [2.75, 3.05) is 20.2 Å². The monoisotopic (exact) mass is 262 g/mol. The van der Waals surface area contributed by atoms with Crippen molar-refractivity contribution >= 4 is 0 Å². The number of hydrogen-bond acceptors (Lipinski definition) is 3. The third-order valence-corrected chi connectivity index (χ3v) is 4.17. The maximum Gasteiger partial charge on any atom is 0.0446 e. The topological polar surface area (TPSA) is 35.5 Å². The molecule has 1 heterocycles. The van der Waals surface area contributed by atoms with E-state index in [1.807, 2.05) is 7.05 Å². The van der Waals surface area contributed by atoms with Crippen LogP contribution >= 0.6 is 0 Å². The Morgan fingerprint density at radius 1 is 1.32 bits per heavy atom. The lowest BCUT2D eigenvalue weighted by Gasteiger charge is -2.40. The third-order valence-electron chi connectivity index (χ3n) is 4.17. The molecule has 2 rings (SSSR count). The van der Waals surface area contributed by atoms with Crippen LogP contribution in [-0.2, 0) is 6.54 Å². The van der Waals surface area contributed by atoms with E-state index in [-0.39, 0.29) is 6.61 Å². The molecule has 2 atom stereocenters. The molecule has 1 aliphatic heterocycles. The molecular weight excluding hydrogens is 236 g/mol. The van der Waals surface area contributed by atoms with Crippen LogP contribution in [0.2, 0.25) is 0 Å². The number of nitrogens with zero attached hydrogens (tertiary/aromatic N) is 1. The summed E-state index contributed by atoms with van der Waals surface area (Å²) in [7, 11) is 2.01. The van der Waals surface area contributed by atoms with Crippen molar-refractivity contribution in [3.63, 3.8) is 0 Å². The number of piperidine rings is 1. The van der Waals surface area contributed by atoms with E-state index in [4.69, 9.17) is 0 Å². The first-order chi connectivity index (χ1) is 9.35. The zero-order valence-electron chi connectivity index (χ0n) is 11.9. The lowest BCUT2D eigenvalue weighted by molar-refractivity contribution is 0.0977. The zero-order valence-corrected chi connectivity index (χ0v) is 11.9. The van der Waals surface area contributed by atoms with Gasteiger partial charge in [0.1, 0.15) is 0 Å². The second kappa shape index (κ2) is 7.63. The van der Waals surface area contributed by atoms with Crippen LogP contribution in [0.25, 0.3) is 0 Å². The predicted molar refractivity (Wildman–Crippen MR) is 79.0 cm³/mol. The molecule has 0 spiro atoms. The van der Waals surface area contributed by atoms with Crippen molar-refractivity contribution in [1.82, 2.24) is 10.2 Å². The Morgan fingerprint density at radius 2 is 2.11 bits per heavy atom. The molecule has 0 amide bonds. The first-order valence-electron chi connectivity index (χ1n) is 7.41. The van der Waals surface area contributed by atoms with E-state index in [1.54, 1.807) is 0 Å². The number of aliphatic hydroxyl groups is 1. The van der Waals surface area contributed by atoms with Gasteiger partial charge < -0.3 is 10.4 Å². The Balaban J connectivity index is 2.02. The number of nitrogens with one attached hydrogen (secondary N) is 1. The molecule has 106 valence electrons. The Hall–Kier alpha value is -0.900. The van der Waals surface area contributed by atoms with Crippen LogP contribution in [-0.4, -0.2) is 42.3 Å².